The van der Waals surface area contributed by atoms with E-state index in [2.05, 4.69) is 46.7 Å². The Kier molecular flexibility index (Phi) is 4.35. The third-order valence-corrected chi connectivity index (χ3v) is 3.82. The van der Waals surface area contributed by atoms with E-state index in [-0.39, 0.29) is 0 Å². The Hall–Kier alpha value is -2.39. The van der Waals surface area contributed by atoms with E-state index in [1.165, 1.54) is 21.9 Å². The van der Waals surface area contributed by atoms with Crippen LogP contribution in [0.4, 0.5) is 0 Å². The topological polar surface area (TPSA) is 34.1 Å². The van der Waals surface area contributed by atoms with Gasteiger partial charge in [0.15, 0.2) is 0 Å². The zero-order valence-corrected chi connectivity index (χ0v) is 13.0. The predicted octanol–water partition coefficient (Wildman–Crippen LogP) is 3.84. The molecule has 3 aromatic rings. The molecular formula is C19H20N2O. The van der Waals surface area contributed by atoms with Gasteiger partial charge in [0, 0.05) is 30.5 Å². The molecule has 0 radical (unpaired) electrons. The summed E-state index contributed by atoms with van der Waals surface area (Å²) in [5, 5.41) is 5.95. The van der Waals surface area contributed by atoms with Crippen molar-refractivity contribution < 1.29 is 4.74 Å². The van der Waals surface area contributed by atoms with E-state index in [0.717, 1.165) is 24.5 Å². The number of aromatic nitrogens is 1. The molecule has 3 heteroatoms. The number of ether oxygens (including phenoxy) is 1. The van der Waals surface area contributed by atoms with Crippen molar-refractivity contribution in [3.63, 3.8) is 0 Å². The molecule has 0 atom stereocenters. The molecule has 0 aliphatic carbocycles. The highest BCUT2D eigenvalue weighted by Gasteiger charge is 2.07. The van der Waals surface area contributed by atoms with Gasteiger partial charge in [0.2, 0.25) is 0 Å². The first-order valence-electron chi connectivity index (χ1n) is 7.45. The maximum absolute atomic E-state index is 5.52. The molecule has 0 spiro atoms. The number of hydrogen-bond acceptors (Lipinski definition) is 3. The zero-order chi connectivity index (χ0) is 15.4. The number of rotatable bonds is 5. The zero-order valence-electron chi connectivity index (χ0n) is 13.0. The van der Waals surface area contributed by atoms with Gasteiger partial charge in [-0.3, -0.25) is 4.98 Å². The van der Waals surface area contributed by atoms with Crippen molar-refractivity contribution in [3.8, 4) is 5.75 Å². The summed E-state index contributed by atoms with van der Waals surface area (Å²) in [6.45, 7) is 3.55. The lowest BCUT2D eigenvalue weighted by Crippen LogP contribution is -2.14. The summed E-state index contributed by atoms with van der Waals surface area (Å²) in [6.07, 6.45) is 1.92. The van der Waals surface area contributed by atoms with Crippen LogP contribution in [-0.4, -0.2) is 12.1 Å². The summed E-state index contributed by atoms with van der Waals surface area (Å²) in [5.41, 5.74) is 3.42. The highest BCUT2D eigenvalue weighted by Crippen LogP contribution is 2.27. The molecule has 3 nitrogen and oxygen atoms in total. The summed E-state index contributed by atoms with van der Waals surface area (Å²) >= 11 is 0. The molecule has 0 saturated heterocycles. The number of hydrogen-bond donors (Lipinski definition) is 1. The second kappa shape index (κ2) is 6.58. The van der Waals surface area contributed by atoms with Crippen molar-refractivity contribution in [3.05, 3.63) is 71.5 Å². The Morgan fingerprint density at radius 1 is 1.00 bits per heavy atom. The van der Waals surface area contributed by atoms with Gasteiger partial charge in [-0.25, -0.2) is 0 Å². The smallest absolute Gasteiger partial charge is 0.123 e. The van der Waals surface area contributed by atoms with Gasteiger partial charge < -0.3 is 10.1 Å². The number of nitrogens with one attached hydrogen (secondary N) is 1. The minimum absolute atomic E-state index is 0.762. The molecule has 2 aromatic carbocycles. The number of benzene rings is 2. The molecule has 0 unspecified atom stereocenters. The van der Waals surface area contributed by atoms with Crippen LogP contribution in [0.5, 0.6) is 5.75 Å². The molecular weight excluding hydrogens is 272 g/mol. The lowest BCUT2D eigenvalue weighted by Gasteiger charge is -2.13. The molecule has 0 amide bonds. The Balaban J connectivity index is 1.79. The Morgan fingerprint density at radius 3 is 2.64 bits per heavy atom. The lowest BCUT2D eigenvalue weighted by atomic mass is 10.0. The first kappa shape index (κ1) is 14.5. The maximum Gasteiger partial charge on any atom is 0.123 e. The summed E-state index contributed by atoms with van der Waals surface area (Å²) in [6, 6.07) is 16.7. The Bertz CT molecular complexity index is 766. The van der Waals surface area contributed by atoms with Crippen molar-refractivity contribution in [2.24, 2.45) is 0 Å². The van der Waals surface area contributed by atoms with E-state index in [1.54, 1.807) is 7.11 Å². The van der Waals surface area contributed by atoms with Crippen molar-refractivity contribution in [1.82, 2.24) is 10.3 Å². The molecule has 1 N–H and O–H groups in total. The van der Waals surface area contributed by atoms with Gasteiger partial charge in [-0.05, 0) is 35.4 Å². The predicted molar refractivity (Wildman–Crippen MR) is 90.0 cm³/mol. The number of nitrogens with zero attached hydrogens (tertiary/aromatic N) is 1. The monoisotopic (exact) mass is 292 g/mol. The Labute approximate surface area is 131 Å². The molecule has 0 aliphatic heterocycles. The molecule has 0 bridgehead atoms. The minimum atomic E-state index is 0.762. The third-order valence-electron chi connectivity index (χ3n) is 3.82. The van der Waals surface area contributed by atoms with Gasteiger partial charge >= 0.3 is 0 Å². The Morgan fingerprint density at radius 2 is 1.86 bits per heavy atom. The fraction of sp³-hybridized carbons (Fsp3) is 0.211. The second-order valence-corrected chi connectivity index (χ2v) is 5.38. The van der Waals surface area contributed by atoms with Crippen LogP contribution in [0.1, 0.15) is 16.8 Å². The summed E-state index contributed by atoms with van der Waals surface area (Å²) in [5.74, 6) is 0.924. The van der Waals surface area contributed by atoms with Crippen LogP contribution >= 0.6 is 0 Å². The number of pyridine rings is 1. The lowest BCUT2D eigenvalue weighted by molar-refractivity contribution is 0.408. The molecule has 1 aromatic heterocycles. The first-order chi connectivity index (χ1) is 10.8. The fourth-order valence-electron chi connectivity index (χ4n) is 2.62. The van der Waals surface area contributed by atoms with Crippen molar-refractivity contribution in [2.75, 3.05) is 7.11 Å². The van der Waals surface area contributed by atoms with Crippen molar-refractivity contribution >= 4 is 10.8 Å². The van der Waals surface area contributed by atoms with Gasteiger partial charge in [0.25, 0.3) is 0 Å². The first-order valence-corrected chi connectivity index (χ1v) is 7.45. The average molecular weight is 292 g/mol. The molecule has 22 heavy (non-hydrogen) atoms. The van der Waals surface area contributed by atoms with Crippen LogP contribution in [0.3, 0.4) is 0 Å². The van der Waals surface area contributed by atoms with Gasteiger partial charge in [-0.15, -0.1) is 0 Å². The largest absolute Gasteiger partial charge is 0.496 e. The van der Waals surface area contributed by atoms with Gasteiger partial charge in [-0.1, -0.05) is 36.4 Å². The summed E-state index contributed by atoms with van der Waals surface area (Å²) in [4.78, 5) is 4.32. The van der Waals surface area contributed by atoms with Crippen LogP contribution in [0, 0.1) is 6.92 Å². The molecule has 0 fully saturated rings. The van der Waals surface area contributed by atoms with Crippen LogP contribution in [-0.2, 0) is 13.1 Å². The van der Waals surface area contributed by atoms with E-state index in [0.29, 0.717) is 0 Å². The van der Waals surface area contributed by atoms with E-state index in [9.17, 15) is 0 Å². The number of aryl methyl sites for hydroxylation is 1. The maximum atomic E-state index is 5.52. The number of fused-ring (bicyclic) bond motifs is 1. The third kappa shape index (κ3) is 3.10. The van der Waals surface area contributed by atoms with Crippen LogP contribution in [0.25, 0.3) is 10.8 Å². The minimum Gasteiger partial charge on any atom is -0.496 e. The van der Waals surface area contributed by atoms with Gasteiger partial charge in [-0.2, -0.15) is 0 Å². The second-order valence-electron chi connectivity index (χ2n) is 5.38. The molecule has 0 saturated carbocycles. The quantitative estimate of drug-likeness (QED) is 0.776. The van der Waals surface area contributed by atoms with E-state index in [1.807, 2.05) is 25.3 Å². The van der Waals surface area contributed by atoms with E-state index in [4.69, 9.17) is 4.74 Å². The fourth-order valence-corrected chi connectivity index (χ4v) is 2.62. The normalized spacial score (nSPS) is 10.8. The summed E-state index contributed by atoms with van der Waals surface area (Å²) in [7, 11) is 1.72. The molecule has 1 heterocycles. The van der Waals surface area contributed by atoms with Crippen LogP contribution in [0.15, 0.2) is 54.7 Å². The van der Waals surface area contributed by atoms with Crippen LogP contribution < -0.4 is 10.1 Å². The van der Waals surface area contributed by atoms with Crippen molar-refractivity contribution in [2.45, 2.75) is 20.0 Å². The summed E-state index contributed by atoms with van der Waals surface area (Å²) < 4.78 is 5.52. The average Bonchev–Trinajstić information content (AvgIpc) is 2.56. The highest BCUT2D eigenvalue weighted by molar-refractivity contribution is 5.87. The highest BCUT2D eigenvalue weighted by atomic mass is 16.5. The van der Waals surface area contributed by atoms with Gasteiger partial charge in [0.1, 0.15) is 5.75 Å². The van der Waals surface area contributed by atoms with E-state index < -0.39 is 0 Å². The standard InChI is InChI=1S/C19H20N2O/c1-14-7-8-15(12-21-14)11-20-13-18-17-6-4-3-5-16(17)9-10-19(18)22-2/h3-10,12,20H,11,13H2,1-2H3. The number of methoxy groups -OCH3 is 1. The SMILES string of the molecule is COc1ccc2ccccc2c1CNCc1ccc(C)nc1. The van der Waals surface area contributed by atoms with E-state index >= 15 is 0 Å². The van der Waals surface area contributed by atoms with Crippen molar-refractivity contribution in [1.29, 1.82) is 0 Å². The molecule has 112 valence electrons. The molecule has 0 aliphatic rings. The van der Waals surface area contributed by atoms with Gasteiger partial charge in [0.05, 0.1) is 7.11 Å². The molecule has 3 rings (SSSR count). The van der Waals surface area contributed by atoms with Crippen LogP contribution in [0.2, 0.25) is 0 Å².